The molecule has 102 valence electrons. The minimum atomic E-state index is -0.447. The van der Waals surface area contributed by atoms with E-state index in [9.17, 15) is 4.79 Å². The van der Waals surface area contributed by atoms with E-state index >= 15 is 0 Å². The molecule has 2 aromatic carbocycles. The first-order valence-electron chi connectivity index (χ1n) is 6.31. The first-order chi connectivity index (χ1) is 9.78. The highest BCUT2D eigenvalue weighted by Crippen LogP contribution is 2.23. The molecule has 0 radical (unpaired) electrons. The molecule has 20 heavy (non-hydrogen) atoms. The Morgan fingerprint density at radius 2 is 1.70 bits per heavy atom. The maximum absolute atomic E-state index is 11.1. The zero-order chi connectivity index (χ0) is 14.2. The second kappa shape index (κ2) is 7.09. The van der Waals surface area contributed by atoms with Gasteiger partial charge in [0.05, 0.1) is 12.3 Å². The molecule has 4 nitrogen and oxygen atoms in total. The van der Waals surface area contributed by atoms with Gasteiger partial charge in [-0.2, -0.15) is 0 Å². The van der Waals surface area contributed by atoms with Crippen molar-refractivity contribution in [3.05, 3.63) is 54.6 Å². The first kappa shape index (κ1) is 13.8. The molecule has 0 N–H and O–H groups in total. The lowest BCUT2D eigenvalue weighted by Crippen LogP contribution is -2.04. The highest BCUT2D eigenvalue weighted by Gasteiger charge is 1.98. The molecule has 0 aliphatic carbocycles. The summed E-state index contributed by atoms with van der Waals surface area (Å²) in [5, 5.41) is 0. The van der Waals surface area contributed by atoms with Gasteiger partial charge in [-0.3, -0.25) is 0 Å². The van der Waals surface area contributed by atoms with E-state index in [1.54, 1.807) is 31.2 Å². The monoisotopic (exact) mass is 269 g/mol. The van der Waals surface area contributed by atoms with E-state index in [2.05, 4.69) is 4.99 Å². The molecule has 0 aliphatic rings. The molecule has 0 unspecified atom stereocenters. The van der Waals surface area contributed by atoms with Gasteiger partial charge >= 0.3 is 5.97 Å². The van der Waals surface area contributed by atoms with Crippen molar-refractivity contribution in [3.63, 3.8) is 0 Å². The largest absolute Gasteiger partial charge is 0.462 e. The Hall–Kier alpha value is -2.62. The molecule has 2 aromatic rings. The fourth-order valence-electron chi connectivity index (χ4n) is 1.53. The highest BCUT2D eigenvalue weighted by atomic mass is 16.5. The number of hydrogen-bond acceptors (Lipinski definition) is 4. The Labute approximate surface area is 117 Å². The molecule has 0 heterocycles. The molecule has 0 spiro atoms. The summed E-state index contributed by atoms with van der Waals surface area (Å²) < 4.78 is 10.4. The Balaban J connectivity index is 1.98. The highest BCUT2D eigenvalue weighted by molar-refractivity contribution is 6.23. The number of ether oxygens (including phenoxy) is 2. The maximum Gasteiger partial charge on any atom is 0.349 e. The summed E-state index contributed by atoms with van der Waals surface area (Å²) in [6, 6.07) is 16.7. The molecule has 0 saturated carbocycles. The number of para-hydroxylation sites is 1. The molecule has 0 aromatic heterocycles. The van der Waals surface area contributed by atoms with Crippen molar-refractivity contribution in [2.45, 2.75) is 6.92 Å². The van der Waals surface area contributed by atoms with Gasteiger partial charge in [-0.25, -0.2) is 9.79 Å². The van der Waals surface area contributed by atoms with Crippen molar-refractivity contribution in [2.75, 3.05) is 6.61 Å². The van der Waals surface area contributed by atoms with Gasteiger partial charge in [0.1, 0.15) is 17.7 Å². The van der Waals surface area contributed by atoms with E-state index in [1.165, 1.54) is 0 Å². The Kier molecular flexibility index (Phi) is 4.89. The van der Waals surface area contributed by atoms with Crippen molar-refractivity contribution in [2.24, 2.45) is 4.99 Å². The van der Waals surface area contributed by atoms with E-state index in [0.717, 1.165) is 12.0 Å². The van der Waals surface area contributed by atoms with Crippen LogP contribution >= 0.6 is 0 Å². The third-order valence-corrected chi connectivity index (χ3v) is 2.42. The molecular weight excluding hydrogens is 254 g/mol. The summed E-state index contributed by atoms with van der Waals surface area (Å²) >= 11 is 0. The van der Waals surface area contributed by atoms with Crippen LogP contribution in [0.2, 0.25) is 0 Å². The average Bonchev–Trinajstić information content (AvgIpc) is 2.48. The molecule has 2 rings (SSSR count). The van der Waals surface area contributed by atoms with E-state index in [4.69, 9.17) is 9.47 Å². The zero-order valence-electron chi connectivity index (χ0n) is 11.2. The topological polar surface area (TPSA) is 47.9 Å². The van der Waals surface area contributed by atoms with Crippen molar-refractivity contribution < 1.29 is 14.3 Å². The lowest BCUT2D eigenvalue weighted by atomic mass is 10.3. The van der Waals surface area contributed by atoms with Crippen LogP contribution in [0.1, 0.15) is 6.92 Å². The Bertz CT molecular complexity index is 576. The van der Waals surface area contributed by atoms with Crippen LogP contribution in [0.4, 0.5) is 5.69 Å². The third kappa shape index (κ3) is 4.24. The van der Waals surface area contributed by atoms with Gasteiger partial charge in [0, 0.05) is 0 Å². The van der Waals surface area contributed by atoms with Gasteiger partial charge in [-0.05, 0) is 43.3 Å². The van der Waals surface area contributed by atoms with Gasteiger partial charge in [-0.1, -0.05) is 18.2 Å². The number of benzene rings is 2. The van der Waals surface area contributed by atoms with Gasteiger partial charge in [-0.15, -0.1) is 0 Å². The van der Waals surface area contributed by atoms with Crippen LogP contribution in [0.15, 0.2) is 59.6 Å². The second-order valence-corrected chi connectivity index (χ2v) is 3.92. The van der Waals surface area contributed by atoms with Gasteiger partial charge in [0.25, 0.3) is 0 Å². The predicted molar refractivity (Wildman–Crippen MR) is 77.7 cm³/mol. The van der Waals surface area contributed by atoms with Crippen molar-refractivity contribution in [3.8, 4) is 11.5 Å². The average molecular weight is 269 g/mol. The molecule has 0 aliphatic heterocycles. The Morgan fingerprint density at radius 3 is 2.35 bits per heavy atom. The van der Waals surface area contributed by atoms with Crippen LogP contribution < -0.4 is 4.74 Å². The molecule has 0 fully saturated rings. The van der Waals surface area contributed by atoms with Crippen molar-refractivity contribution in [1.82, 2.24) is 0 Å². The first-order valence-corrected chi connectivity index (χ1v) is 6.31. The van der Waals surface area contributed by atoms with Crippen LogP contribution in [-0.4, -0.2) is 18.8 Å². The van der Waals surface area contributed by atoms with Crippen LogP contribution in [0.25, 0.3) is 0 Å². The molecule has 0 amide bonds. The zero-order valence-corrected chi connectivity index (χ0v) is 11.2. The fraction of sp³-hybridized carbons (Fsp3) is 0.125. The Morgan fingerprint density at radius 1 is 1.05 bits per heavy atom. The molecule has 4 heteroatoms. The van der Waals surface area contributed by atoms with E-state index in [-0.39, 0.29) is 0 Å². The number of hydrogen-bond donors (Lipinski definition) is 0. The second-order valence-electron chi connectivity index (χ2n) is 3.92. The van der Waals surface area contributed by atoms with E-state index < -0.39 is 5.97 Å². The summed E-state index contributed by atoms with van der Waals surface area (Å²) in [6.45, 7) is 2.09. The summed E-state index contributed by atoms with van der Waals surface area (Å²) in [5.74, 6) is 1.04. The van der Waals surface area contributed by atoms with Crippen molar-refractivity contribution in [1.29, 1.82) is 0 Å². The number of carbonyl (C=O) groups excluding carboxylic acids is 1. The van der Waals surface area contributed by atoms with Crippen LogP contribution in [0.5, 0.6) is 11.5 Å². The predicted octanol–water partition coefficient (Wildman–Crippen LogP) is 3.74. The maximum atomic E-state index is 11.1. The minimum absolute atomic E-state index is 0.342. The fourth-order valence-corrected chi connectivity index (χ4v) is 1.53. The van der Waals surface area contributed by atoms with Gasteiger partial charge < -0.3 is 9.47 Å². The normalized spacial score (nSPS) is 10.4. The molecule has 0 atom stereocenters. The summed E-state index contributed by atoms with van der Waals surface area (Å²) in [5.41, 5.74) is 0.665. The summed E-state index contributed by atoms with van der Waals surface area (Å²) in [7, 11) is 0. The lowest BCUT2D eigenvalue weighted by molar-refractivity contribution is -0.134. The summed E-state index contributed by atoms with van der Waals surface area (Å²) in [4.78, 5) is 15.1. The quantitative estimate of drug-likeness (QED) is 0.613. The molecule has 0 bridgehead atoms. The smallest absolute Gasteiger partial charge is 0.349 e. The van der Waals surface area contributed by atoms with Gasteiger partial charge in [0.15, 0.2) is 0 Å². The van der Waals surface area contributed by atoms with Gasteiger partial charge in [0.2, 0.25) is 0 Å². The van der Waals surface area contributed by atoms with Crippen LogP contribution in [-0.2, 0) is 9.53 Å². The molecular formula is C16H15NO3. The third-order valence-electron chi connectivity index (χ3n) is 2.42. The number of aliphatic imine (C=N–C) groups is 1. The number of esters is 1. The number of carbonyl (C=O) groups is 1. The van der Waals surface area contributed by atoms with Crippen LogP contribution in [0.3, 0.4) is 0 Å². The minimum Gasteiger partial charge on any atom is -0.462 e. The molecule has 0 saturated heterocycles. The van der Waals surface area contributed by atoms with Crippen molar-refractivity contribution >= 4 is 17.9 Å². The number of rotatable bonds is 5. The standard InChI is InChI=1S/C16H15NO3/c1-2-19-16(18)12-17-13-8-10-15(11-9-13)20-14-6-4-3-5-7-14/h3-12H,2H2,1H3. The SMILES string of the molecule is CCOC(=O)C=Nc1ccc(Oc2ccccc2)cc1. The van der Waals surface area contributed by atoms with E-state index in [1.807, 2.05) is 30.3 Å². The van der Waals surface area contributed by atoms with Crippen LogP contribution in [0, 0.1) is 0 Å². The van der Waals surface area contributed by atoms with E-state index in [0.29, 0.717) is 18.0 Å². The summed E-state index contributed by atoms with van der Waals surface area (Å²) in [6.07, 6.45) is 1.16. The number of nitrogens with zero attached hydrogens (tertiary/aromatic N) is 1. The lowest BCUT2D eigenvalue weighted by Gasteiger charge is -2.05.